The highest BCUT2D eigenvalue weighted by atomic mass is 32.2. The molecule has 8 heteroatoms. The van der Waals surface area contributed by atoms with Crippen LogP contribution in [0, 0.1) is 5.82 Å². The second-order valence-corrected chi connectivity index (χ2v) is 6.83. The molecular formula is C13H17FN2O4S. The normalized spacial score (nSPS) is 22.2. The molecule has 1 aliphatic heterocycles. The van der Waals surface area contributed by atoms with E-state index in [1.807, 2.05) is 6.92 Å². The lowest BCUT2D eigenvalue weighted by Gasteiger charge is -2.23. The summed E-state index contributed by atoms with van der Waals surface area (Å²) in [6, 6.07) is 2.93. The van der Waals surface area contributed by atoms with E-state index < -0.39 is 27.3 Å². The van der Waals surface area contributed by atoms with E-state index in [4.69, 9.17) is 9.88 Å². The molecule has 0 aromatic heterocycles. The van der Waals surface area contributed by atoms with E-state index in [1.54, 1.807) is 0 Å². The quantitative estimate of drug-likeness (QED) is 0.857. The minimum absolute atomic E-state index is 0.232. The number of hydrogen-bond donors (Lipinski definition) is 2. The number of nitrogens with two attached hydrogens (primary N) is 1. The Hall–Kier alpha value is -1.51. The van der Waals surface area contributed by atoms with E-state index >= 15 is 0 Å². The van der Waals surface area contributed by atoms with Gasteiger partial charge in [0.1, 0.15) is 5.82 Å². The molecular weight excluding hydrogens is 299 g/mol. The maximum absolute atomic E-state index is 13.8. The molecule has 1 atom stereocenters. The number of primary sulfonamides is 1. The number of benzene rings is 1. The van der Waals surface area contributed by atoms with Crippen molar-refractivity contribution in [2.45, 2.75) is 30.3 Å². The topological polar surface area (TPSA) is 98.5 Å². The van der Waals surface area contributed by atoms with Crippen LogP contribution in [0.15, 0.2) is 23.1 Å². The van der Waals surface area contributed by atoms with Gasteiger partial charge >= 0.3 is 0 Å². The van der Waals surface area contributed by atoms with Crippen molar-refractivity contribution in [3.05, 3.63) is 29.6 Å². The average Bonchev–Trinajstić information content (AvgIpc) is 2.82. The number of hydrogen-bond acceptors (Lipinski definition) is 4. The number of carbonyl (C=O) groups is 1. The first-order chi connectivity index (χ1) is 9.71. The van der Waals surface area contributed by atoms with Gasteiger partial charge in [0, 0.05) is 13.2 Å². The SMILES string of the molecule is CC1(CNC(=O)c2ccc(S(N)(=O)=O)cc2F)CCCO1. The van der Waals surface area contributed by atoms with Gasteiger partial charge in [-0.25, -0.2) is 17.9 Å². The molecule has 1 heterocycles. The standard InChI is InChI=1S/C13H17FN2O4S/c1-13(5-2-6-20-13)8-16-12(17)10-4-3-9(7-11(10)14)21(15,18)19/h3-4,7H,2,5-6,8H2,1H3,(H,16,17)(H2,15,18,19). The van der Waals surface area contributed by atoms with Crippen LogP contribution >= 0.6 is 0 Å². The van der Waals surface area contributed by atoms with Crippen molar-refractivity contribution >= 4 is 15.9 Å². The van der Waals surface area contributed by atoms with Crippen LogP contribution < -0.4 is 10.5 Å². The molecule has 1 amide bonds. The number of amides is 1. The molecule has 3 N–H and O–H groups in total. The third kappa shape index (κ3) is 3.78. The van der Waals surface area contributed by atoms with Gasteiger partial charge in [0.2, 0.25) is 10.0 Å². The van der Waals surface area contributed by atoms with Gasteiger partial charge in [-0.2, -0.15) is 0 Å². The van der Waals surface area contributed by atoms with Crippen molar-refractivity contribution in [2.75, 3.05) is 13.2 Å². The monoisotopic (exact) mass is 316 g/mol. The average molecular weight is 316 g/mol. The predicted octanol–water partition coefficient (Wildman–Crippen LogP) is 0.772. The molecule has 21 heavy (non-hydrogen) atoms. The summed E-state index contributed by atoms with van der Waals surface area (Å²) < 4.78 is 41.5. The molecule has 1 aromatic carbocycles. The Bertz CT molecular complexity index is 654. The largest absolute Gasteiger partial charge is 0.373 e. The van der Waals surface area contributed by atoms with Crippen molar-refractivity contribution in [1.82, 2.24) is 5.32 Å². The number of halogens is 1. The van der Waals surface area contributed by atoms with Crippen molar-refractivity contribution < 1.29 is 22.3 Å². The lowest BCUT2D eigenvalue weighted by Crippen LogP contribution is -2.40. The highest BCUT2D eigenvalue weighted by Gasteiger charge is 2.30. The van der Waals surface area contributed by atoms with Crippen LogP contribution in [0.5, 0.6) is 0 Å². The fourth-order valence-electron chi connectivity index (χ4n) is 2.20. The van der Waals surface area contributed by atoms with E-state index in [2.05, 4.69) is 5.32 Å². The van der Waals surface area contributed by atoms with Crippen molar-refractivity contribution in [1.29, 1.82) is 0 Å². The molecule has 1 aromatic rings. The van der Waals surface area contributed by atoms with Gasteiger partial charge in [-0.05, 0) is 38.0 Å². The summed E-state index contributed by atoms with van der Waals surface area (Å²) in [6.07, 6.45) is 1.74. The Balaban J connectivity index is 2.09. The Labute approximate surface area is 122 Å². The molecule has 0 bridgehead atoms. The van der Waals surface area contributed by atoms with Crippen LogP contribution in [0.2, 0.25) is 0 Å². The minimum Gasteiger partial charge on any atom is -0.373 e. The lowest BCUT2D eigenvalue weighted by atomic mass is 10.0. The Morgan fingerprint density at radius 2 is 2.24 bits per heavy atom. The maximum Gasteiger partial charge on any atom is 0.254 e. The number of carbonyl (C=O) groups excluding carboxylic acids is 1. The number of sulfonamides is 1. The molecule has 2 rings (SSSR count). The Morgan fingerprint density at radius 1 is 1.52 bits per heavy atom. The first-order valence-electron chi connectivity index (χ1n) is 6.46. The van der Waals surface area contributed by atoms with E-state index in [-0.39, 0.29) is 17.0 Å². The third-order valence-corrected chi connectivity index (χ3v) is 4.35. The van der Waals surface area contributed by atoms with Crippen LogP contribution in [0.1, 0.15) is 30.1 Å². The fraction of sp³-hybridized carbons (Fsp3) is 0.462. The van der Waals surface area contributed by atoms with Crippen LogP contribution in [0.3, 0.4) is 0 Å². The van der Waals surface area contributed by atoms with Gasteiger partial charge in [-0.3, -0.25) is 4.79 Å². The minimum atomic E-state index is -3.99. The number of ether oxygens (including phenoxy) is 1. The highest BCUT2D eigenvalue weighted by molar-refractivity contribution is 7.89. The summed E-state index contributed by atoms with van der Waals surface area (Å²) in [7, 11) is -3.99. The molecule has 1 unspecified atom stereocenters. The fourth-order valence-corrected chi connectivity index (χ4v) is 2.72. The molecule has 1 saturated heterocycles. The van der Waals surface area contributed by atoms with Crippen molar-refractivity contribution in [2.24, 2.45) is 5.14 Å². The van der Waals surface area contributed by atoms with Gasteiger partial charge in [0.05, 0.1) is 16.1 Å². The molecule has 0 saturated carbocycles. The smallest absolute Gasteiger partial charge is 0.254 e. The second kappa shape index (κ2) is 5.70. The van der Waals surface area contributed by atoms with Crippen LogP contribution in [0.4, 0.5) is 4.39 Å². The Morgan fingerprint density at radius 3 is 2.76 bits per heavy atom. The van der Waals surface area contributed by atoms with Gasteiger partial charge < -0.3 is 10.1 Å². The molecule has 0 radical (unpaired) electrons. The first-order valence-corrected chi connectivity index (χ1v) is 8.00. The van der Waals surface area contributed by atoms with Crippen molar-refractivity contribution in [3.8, 4) is 0 Å². The van der Waals surface area contributed by atoms with Gasteiger partial charge in [0.15, 0.2) is 0 Å². The number of nitrogens with one attached hydrogen (secondary N) is 1. The van der Waals surface area contributed by atoms with Crippen LogP contribution in [-0.2, 0) is 14.8 Å². The van der Waals surface area contributed by atoms with Gasteiger partial charge in [0.25, 0.3) is 5.91 Å². The molecule has 0 aliphatic carbocycles. The molecule has 116 valence electrons. The number of rotatable bonds is 4. The van der Waals surface area contributed by atoms with E-state index in [0.29, 0.717) is 6.61 Å². The maximum atomic E-state index is 13.8. The summed E-state index contributed by atoms with van der Waals surface area (Å²) in [5, 5.41) is 7.49. The van der Waals surface area contributed by atoms with E-state index in [1.165, 1.54) is 0 Å². The summed E-state index contributed by atoms with van der Waals surface area (Å²) in [4.78, 5) is 11.6. The highest BCUT2D eigenvalue weighted by Crippen LogP contribution is 2.24. The zero-order valence-electron chi connectivity index (χ0n) is 11.6. The molecule has 0 spiro atoms. The Kier molecular flexibility index (Phi) is 4.31. The molecule has 6 nitrogen and oxygen atoms in total. The summed E-state index contributed by atoms with van der Waals surface area (Å²) in [5.41, 5.74) is -0.670. The van der Waals surface area contributed by atoms with Crippen molar-refractivity contribution in [3.63, 3.8) is 0 Å². The van der Waals surface area contributed by atoms with Crippen LogP contribution in [0.25, 0.3) is 0 Å². The summed E-state index contributed by atoms with van der Waals surface area (Å²) in [6.45, 7) is 2.78. The van der Waals surface area contributed by atoms with Gasteiger partial charge in [-0.1, -0.05) is 0 Å². The van der Waals surface area contributed by atoms with Gasteiger partial charge in [-0.15, -0.1) is 0 Å². The zero-order chi connectivity index (χ0) is 15.7. The molecule has 1 fully saturated rings. The van der Waals surface area contributed by atoms with E-state index in [9.17, 15) is 17.6 Å². The first kappa shape index (κ1) is 15.9. The summed E-state index contributed by atoms with van der Waals surface area (Å²) >= 11 is 0. The second-order valence-electron chi connectivity index (χ2n) is 5.27. The third-order valence-electron chi connectivity index (χ3n) is 3.44. The predicted molar refractivity (Wildman–Crippen MR) is 73.7 cm³/mol. The zero-order valence-corrected chi connectivity index (χ0v) is 12.4. The van der Waals surface area contributed by atoms with E-state index in [0.717, 1.165) is 31.0 Å². The molecule has 1 aliphatic rings. The summed E-state index contributed by atoms with van der Waals surface area (Å²) in [5.74, 6) is -1.55. The lowest BCUT2D eigenvalue weighted by molar-refractivity contribution is 0.0205. The van der Waals surface area contributed by atoms with Crippen LogP contribution in [-0.4, -0.2) is 33.1 Å².